The van der Waals surface area contributed by atoms with Gasteiger partial charge in [0.25, 0.3) is 0 Å². The predicted molar refractivity (Wildman–Crippen MR) is 96.5 cm³/mol. The molecule has 6 nitrogen and oxygen atoms in total. The van der Waals surface area contributed by atoms with Gasteiger partial charge >= 0.3 is 0 Å². The van der Waals surface area contributed by atoms with Crippen LogP contribution in [0.4, 0.5) is 0 Å². The number of aliphatic hydroxyl groups excluding tert-OH is 1. The number of nitrogens with one attached hydrogen (secondary N) is 1. The maximum Gasteiger partial charge on any atom is 0.235 e. The van der Waals surface area contributed by atoms with Crippen LogP contribution in [0.15, 0.2) is 24.3 Å². The molecule has 0 bridgehead atoms. The van der Waals surface area contributed by atoms with Crippen molar-refractivity contribution >= 4 is 27.9 Å². The number of hydrogen-bond acceptors (Lipinski definition) is 5. The van der Waals surface area contributed by atoms with E-state index >= 15 is 0 Å². The summed E-state index contributed by atoms with van der Waals surface area (Å²) >= 11 is 7.68. The zero-order chi connectivity index (χ0) is 17.6. The lowest BCUT2D eigenvalue weighted by molar-refractivity contribution is -0.931. The van der Waals surface area contributed by atoms with Gasteiger partial charge < -0.3 is 15.1 Å². The largest absolute Gasteiger partial charge is 0.492 e. The van der Waals surface area contributed by atoms with Crippen LogP contribution in [0, 0.1) is 6.92 Å². The molecule has 0 spiro atoms. The molecule has 3 N–H and O–H groups in total. The third-order valence-electron chi connectivity index (χ3n) is 4.76. The van der Waals surface area contributed by atoms with Gasteiger partial charge in [0.15, 0.2) is 6.04 Å². The van der Waals surface area contributed by atoms with Crippen molar-refractivity contribution in [3.05, 3.63) is 45.6 Å². The summed E-state index contributed by atoms with van der Waals surface area (Å²) in [7, 11) is 0. The van der Waals surface area contributed by atoms with Gasteiger partial charge in [0, 0.05) is 23.4 Å². The van der Waals surface area contributed by atoms with E-state index in [2.05, 4.69) is 10.1 Å². The first kappa shape index (κ1) is 16.8. The molecule has 3 aromatic rings. The number of aryl methyl sites for hydroxylation is 1. The number of aromatic hydroxyl groups is 1. The molecule has 1 fully saturated rings. The molecule has 132 valence electrons. The molecule has 3 heterocycles. The maximum atomic E-state index is 10.8. The Hall–Kier alpha value is -1.67. The summed E-state index contributed by atoms with van der Waals surface area (Å²) in [6.07, 6.45) is 1.28. The smallest absolute Gasteiger partial charge is 0.235 e. The van der Waals surface area contributed by atoms with Gasteiger partial charge in [0.05, 0.1) is 19.2 Å². The lowest BCUT2D eigenvalue weighted by Crippen LogP contribution is -3.13. The molecule has 1 atom stereocenters. The fraction of sp³-hybridized carbons (Fsp3) is 0.412. The van der Waals surface area contributed by atoms with Gasteiger partial charge in [-0.05, 0) is 19.1 Å². The lowest BCUT2D eigenvalue weighted by Gasteiger charge is -2.33. The highest BCUT2D eigenvalue weighted by molar-refractivity contribution is 7.17. The van der Waals surface area contributed by atoms with E-state index in [1.54, 1.807) is 0 Å². The van der Waals surface area contributed by atoms with Crippen LogP contribution in [0.3, 0.4) is 0 Å². The second-order valence-electron chi connectivity index (χ2n) is 6.52. The first-order valence-corrected chi connectivity index (χ1v) is 9.55. The van der Waals surface area contributed by atoms with E-state index in [1.807, 2.05) is 31.2 Å². The summed E-state index contributed by atoms with van der Waals surface area (Å²) in [6, 6.07) is 7.71. The minimum Gasteiger partial charge on any atom is -0.492 e. The van der Waals surface area contributed by atoms with Crippen molar-refractivity contribution in [1.82, 2.24) is 14.6 Å². The van der Waals surface area contributed by atoms with E-state index in [4.69, 9.17) is 11.6 Å². The number of fused-ring (bicyclic) bond motifs is 1. The Labute approximate surface area is 154 Å². The number of aliphatic hydroxyl groups is 1. The average Bonchev–Trinajstić information content (AvgIpc) is 3.08. The van der Waals surface area contributed by atoms with Gasteiger partial charge in [0.1, 0.15) is 10.7 Å². The highest BCUT2D eigenvalue weighted by Gasteiger charge is 2.35. The van der Waals surface area contributed by atoms with Crippen molar-refractivity contribution in [3.8, 4) is 5.88 Å². The number of rotatable bonds is 3. The van der Waals surface area contributed by atoms with E-state index in [9.17, 15) is 10.2 Å². The highest BCUT2D eigenvalue weighted by Crippen LogP contribution is 2.35. The molecule has 1 saturated heterocycles. The van der Waals surface area contributed by atoms with Gasteiger partial charge in [0.2, 0.25) is 10.8 Å². The second kappa shape index (κ2) is 6.57. The highest BCUT2D eigenvalue weighted by atomic mass is 35.5. The van der Waals surface area contributed by atoms with E-state index in [0.29, 0.717) is 15.8 Å². The number of piperidine rings is 1. The zero-order valence-corrected chi connectivity index (χ0v) is 15.4. The number of nitrogens with zero attached hydrogens (tertiary/aromatic N) is 3. The number of aromatic nitrogens is 3. The third kappa shape index (κ3) is 3.13. The van der Waals surface area contributed by atoms with Gasteiger partial charge in [-0.2, -0.15) is 4.52 Å². The number of thiazole rings is 1. The van der Waals surface area contributed by atoms with Crippen LogP contribution in [0.1, 0.15) is 35.1 Å². The normalized spacial score (nSPS) is 22.4. The molecule has 1 aromatic carbocycles. The van der Waals surface area contributed by atoms with Crippen LogP contribution in [0.25, 0.3) is 4.96 Å². The van der Waals surface area contributed by atoms with E-state index in [1.165, 1.54) is 20.8 Å². The quantitative estimate of drug-likeness (QED) is 0.646. The minimum atomic E-state index is -0.234. The van der Waals surface area contributed by atoms with Crippen molar-refractivity contribution in [2.24, 2.45) is 0 Å². The molecular formula is C17H20ClN4O2S+. The van der Waals surface area contributed by atoms with Crippen LogP contribution in [0.5, 0.6) is 5.88 Å². The van der Waals surface area contributed by atoms with Crippen molar-refractivity contribution in [2.45, 2.75) is 31.9 Å². The average molecular weight is 380 g/mol. The predicted octanol–water partition coefficient (Wildman–Crippen LogP) is 1.59. The fourth-order valence-corrected chi connectivity index (χ4v) is 4.94. The van der Waals surface area contributed by atoms with Crippen LogP contribution in [0.2, 0.25) is 5.02 Å². The third-order valence-corrected chi connectivity index (χ3v) is 6.08. The molecule has 25 heavy (non-hydrogen) atoms. The maximum absolute atomic E-state index is 10.8. The lowest BCUT2D eigenvalue weighted by atomic mass is 9.99. The number of quaternary nitrogens is 1. The van der Waals surface area contributed by atoms with Gasteiger partial charge in [-0.15, -0.1) is 5.10 Å². The van der Waals surface area contributed by atoms with E-state index in [0.717, 1.165) is 36.4 Å². The Morgan fingerprint density at radius 1 is 1.36 bits per heavy atom. The van der Waals surface area contributed by atoms with Crippen LogP contribution < -0.4 is 4.90 Å². The first-order chi connectivity index (χ1) is 12.0. The van der Waals surface area contributed by atoms with Gasteiger partial charge in [-0.1, -0.05) is 35.1 Å². The molecule has 0 unspecified atom stereocenters. The Morgan fingerprint density at radius 3 is 2.80 bits per heavy atom. The number of benzene rings is 1. The second-order valence-corrected chi connectivity index (χ2v) is 7.97. The molecule has 2 aromatic heterocycles. The van der Waals surface area contributed by atoms with E-state index in [-0.39, 0.29) is 18.0 Å². The Balaban J connectivity index is 1.81. The number of hydrogen-bond donors (Lipinski definition) is 3. The summed E-state index contributed by atoms with van der Waals surface area (Å²) < 4.78 is 1.51. The standard InChI is InChI=1S/C17H19ClN4O2S/c1-10-19-17-22(20-10)16(24)15(25-17)14(11-3-2-4-12(18)9-11)21-7-5-13(23)6-8-21/h2-4,9,13-14,23-24H,5-8H2,1H3/p+1/t14-/m1/s1. The molecule has 8 heteroatoms. The fourth-order valence-electron chi connectivity index (χ4n) is 3.56. The van der Waals surface area contributed by atoms with Gasteiger partial charge in [-0.3, -0.25) is 0 Å². The van der Waals surface area contributed by atoms with Crippen molar-refractivity contribution in [2.75, 3.05) is 13.1 Å². The summed E-state index contributed by atoms with van der Waals surface area (Å²) in [5.41, 5.74) is 1.05. The number of likely N-dealkylation sites (tertiary alicyclic amines) is 1. The van der Waals surface area contributed by atoms with Crippen molar-refractivity contribution in [1.29, 1.82) is 0 Å². The zero-order valence-electron chi connectivity index (χ0n) is 13.8. The molecule has 0 amide bonds. The van der Waals surface area contributed by atoms with Crippen LogP contribution >= 0.6 is 22.9 Å². The van der Waals surface area contributed by atoms with E-state index < -0.39 is 0 Å². The SMILES string of the molecule is Cc1nc2sc([C@@H](c3cccc(Cl)c3)[NH+]3CCC(O)CC3)c(O)n2n1. The molecule has 0 saturated carbocycles. The Bertz CT molecular complexity index is 901. The molecule has 0 radical (unpaired) electrons. The number of halogens is 1. The summed E-state index contributed by atoms with van der Waals surface area (Å²) in [5, 5.41) is 25.6. The van der Waals surface area contributed by atoms with Crippen molar-refractivity contribution in [3.63, 3.8) is 0 Å². The van der Waals surface area contributed by atoms with Gasteiger partial charge in [-0.25, -0.2) is 4.98 Å². The summed E-state index contributed by atoms with van der Waals surface area (Å²) in [6.45, 7) is 3.49. The first-order valence-electron chi connectivity index (χ1n) is 8.36. The summed E-state index contributed by atoms with van der Waals surface area (Å²) in [4.78, 5) is 7.21. The monoisotopic (exact) mass is 379 g/mol. The Morgan fingerprint density at radius 2 is 2.12 bits per heavy atom. The Kier molecular flexibility index (Phi) is 4.41. The topological polar surface area (TPSA) is 75.1 Å². The molecule has 4 rings (SSSR count). The van der Waals surface area contributed by atoms with Crippen LogP contribution in [-0.2, 0) is 0 Å². The van der Waals surface area contributed by atoms with Crippen LogP contribution in [-0.4, -0.2) is 44.0 Å². The summed E-state index contributed by atoms with van der Waals surface area (Å²) in [5.74, 6) is 0.782. The van der Waals surface area contributed by atoms with Crippen molar-refractivity contribution < 1.29 is 15.1 Å². The molecule has 1 aliphatic rings. The molecule has 1 aliphatic heterocycles. The molecular weight excluding hydrogens is 360 g/mol. The molecule has 0 aliphatic carbocycles. The minimum absolute atomic E-state index is 0.0555.